The second-order valence-corrected chi connectivity index (χ2v) is 4.46. The number of carbonyl (C=O) groups is 1. The van der Waals surface area contributed by atoms with Gasteiger partial charge in [0.05, 0.1) is 0 Å². The highest BCUT2D eigenvalue weighted by atomic mass is 16.4. The van der Waals surface area contributed by atoms with Crippen LogP contribution in [0.2, 0.25) is 0 Å². The quantitative estimate of drug-likeness (QED) is 0.264. The van der Waals surface area contributed by atoms with E-state index in [4.69, 9.17) is 5.21 Å². The van der Waals surface area contributed by atoms with Crippen LogP contribution < -0.4 is 5.32 Å². The van der Waals surface area contributed by atoms with Crippen molar-refractivity contribution in [3.05, 3.63) is 0 Å². The van der Waals surface area contributed by atoms with Gasteiger partial charge in [0.1, 0.15) is 6.21 Å². The number of unbranched alkanes of at least 4 members (excludes halogenated alkanes) is 5. The third-order valence-electron chi connectivity index (χ3n) is 2.51. The Bertz CT molecular complexity index is 218. The van der Waals surface area contributed by atoms with Crippen LogP contribution in [0.4, 0.5) is 0 Å². The van der Waals surface area contributed by atoms with E-state index in [1.54, 1.807) is 0 Å². The summed E-state index contributed by atoms with van der Waals surface area (Å²) in [6.07, 6.45) is 8.02. The zero-order valence-corrected chi connectivity index (χ0v) is 11.0. The van der Waals surface area contributed by atoms with Crippen molar-refractivity contribution >= 4 is 12.1 Å². The Morgan fingerprint density at radius 1 is 1.18 bits per heavy atom. The summed E-state index contributed by atoms with van der Waals surface area (Å²) >= 11 is 0. The zero-order chi connectivity index (χ0) is 12.9. The van der Waals surface area contributed by atoms with Gasteiger partial charge in [0, 0.05) is 6.54 Å². The van der Waals surface area contributed by atoms with Gasteiger partial charge in [-0.1, -0.05) is 30.8 Å². The molecule has 0 saturated carbocycles. The van der Waals surface area contributed by atoms with Crippen LogP contribution in [0.15, 0.2) is 5.16 Å². The molecule has 0 heterocycles. The van der Waals surface area contributed by atoms with Crippen LogP contribution in [0.5, 0.6) is 0 Å². The molecular weight excluding hydrogens is 218 g/mol. The van der Waals surface area contributed by atoms with Crippen LogP contribution >= 0.6 is 0 Å². The van der Waals surface area contributed by atoms with Crippen molar-refractivity contribution in [1.82, 2.24) is 10.2 Å². The summed E-state index contributed by atoms with van der Waals surface area (Å²) < 4.78 is 0. The van der Waals surface area contributed by atoms with Gasteiger partial charge >= 0.3 is 0 Å². The molecule has 0 aromatic heterocycles. The van der Waals surface area contributed by atoms with Gasteiger partial charge in [-0.2, -0.15) is 0 Å². The van der Waals surface area contributed by atoms with Crippen molar-refractivity contribution in [2.24, 2.45) is 5.16 Å². The summed E-state index contributed by atoms with van der Waals surface area (Å²) in [7, 11) is 4.19. The topological polar surface area (TPSA) is 64.9 Å². The Morgan fingerprint density at radius 3 is 2.35 bits per heavy atom. The largest absolute Gasteiger partial charge is 0.411 e. The number of nitrogens with one attached hydrogen (secondary N) is 1. The predicted octanol–water partition coefficient (Wildman–Crippen LogP) is 1.46. The fourth-order valence-corrected chi connectivity index (χ4v) is 1.57. The van der Waals surface area contributed by atoms with Gasteiger partial charge in [-0.15, -0.1) is 0 Å². The molecule has 0 aliphatic rings. The molecule has 5 heteroatoms. The van der Waals surface area contributed by atoms with E-state index < -0.39 is 0 Å². The van der Waals surface area contributed by atoms with E-state index in [2.05, 4.69) is 29.5 Å². The Hall–Kier alpha value is -1.10. The van der Waals surface area contributed by atoms with Gasteiger partial charge in [0.25, 0.3) is 5.91 Å². The molecule has 0 aliphatic carbocycles. The molecule has 0 spiro atoms. The molecule has 17 heavy (non-hydrogen) atoms. The first-order chi connectivity index (χ1) is 8.16. The SMILES string of the molecule is CN(C)CCCCCCCCNC(=O)C=NO. The molecule has 2 N–H and O–H groups in total. The van der Waals surface area contributed by atoms with Crippen molar-refractivity contribution in [3.63, 3.8) is 0 Å². The summed E-state index contributed by atoms with van der Waals surface area (Å²) in [4.78, 5) is 13.1. The van der Waals surface area contributed by atoms with Crippen LogP contribution in [-0.4, -0.2) is 49.4 Å². The lowest BCUT2D eigenvalue weighted by Crippen LogP contribution is -2.25. The smallest absolute Gasteiger partial charge is 0.265 e. The Balaban J connectivity index is 3.11. The predicted molar refractivity (Wildman–Crippen MR) is 69.5 cm³/mol. The first-order valence-electron chi connectivity index (χ1n) is 6.27. The number of hydrogen-bond donors (Lipinski definition) is 2. The maximum Gasteiger partial charge on any atom is 0.265 e. The van der Waals surface area contributed by atoms with Crippen molar-refractivity contribution in [1.29, 1.82) is 0 Å². The van der Waals surface area contributed by atoms with E-state index in [1.165, 1.54) is 25.7 Å². The number of amides is 1. The summed E-state index contributed by atoms with van der Waals surface area (Å²) in [6, 6.07) is 0. The van der Waals surface area contributed by atoms with Crippen molar-refractivity contribution in [2.45, 2.75) is 38.5 Å². The van der Waals surface area contributed by atoms with E-state index in [9.17, 15) is 4.79 Å². The Labute approximate surface area is 104 Å². The van der Waals surface area contributed by atoms with Gasteiger partial charge < -0.3 is 15.4 Å². The standard InChI is InChI=1S/C12H25N3O2/c1-15(2)10-8-6-4-3-5-7-9-13-12(16)11-14-17/h11,17H,3-10H2,1-2H3,(H,13,16). The van der Waals surface area contributed by atoms with Crippen molar-refractivity contribution in [2.75, 3.05) is 27.2 Å². The maximum absolute atomic E-state index is 10.9. The highest BCUT2D eigenvalue weighted by molar-refractivity contribution is 6.25. The van der Waals surface area contributed by atoms with E-state index in [1.807, 2.05) is 0 Å². The van der Waals surface area contributed by atoms with E-state index >= 15 is 0 Å². The molecule has 0 bridgehead atoms. The van der Waals surface area contributed by atoms with Crippen molar-refractivity contribution in [3.8, 4) is 0 Å². The van der Waals surface area contributed by atoms with Gasteiger partial charge in [-0.3, -0.25) is 4.79 Å². The number of hydrogen-bond acceptors (Lipinski definition) is 4. The monoisotopic (exact) mass is 243 g/mol. The fraction of sp³-hybridized carbons (Fsp3) is 0.833. The average molecular weight is 243 g/mol. The average Bonchev–Trinajstić information content (AvgIpc) is 2.27. The molecule has 1 amide bonds. The second-order valence-electron chi connectivity index (χ2n) is 4.46. The van der Waals surface area contributed by atoms with Gasteiger partial charge in [0.2, 0.25) is 0 Å². The molecular formula is C12H25N3O2. The minimum atomic E-state index is -0.335. The van der Waals surface area contributed by atoms with Gasteiger partial charge in [-0.05, 0) is 33.5 Å². The minimum absolute atomic E-state index is 0.335. The van der Waals surface area contributed by atoms with Crippen LogP contribution in [-0.2, 0) is 4.79 Å². The second kappa shape index (κ2) is 11.4. The first-order valence-corrected chi connectivity index (χ1v) is 6.27. The number of carbonyl (C=O) groups excluding carboxylic acids is 1. The molecule has 0 aromatic rings. The molecule has 0 atom stereocenters. The molecule has 0 rings (SSSR count). The third-order valence-corrected chi connectivity index (χ3v) is 2.51. The fourth-order valence-electron chi connectivity index (χ4n) is 1.57. The molecule has 0 fully saturated rings. The molecule has 0 aromatic carbocycles. The third kappa shape index (κ3) is 12.8. The Kier molecular flexibility index (Phi) is 10.7. The summed E-state index contributed by atoms with van der Waals surface area (Å²) in [5, 5.41) is 13.4. The number of oxime groups is 1. The van der Waals surface area contributed by atoms with E-state index in [-0.39, 0.29) is 5.91 Å². The van der Waals surface area contributed by atoms with Gasteiger partial charge in [0.15, 0.2) is 0 Å². The summed E-state index contributed by atoms with van der Waals surface area (Å²) in [5.41, 5.74) is 0. The van der Waals surface area contributed by atoms with Crippen LogP contribution in [0.3, 0.4) is 0 Å². The molecule has 0 aliphatic heterocycles. The Morgan fingerprint density at radius 2 is 1.76 bits per heavy atom. The highest BCUT2D eigenvalue weighted by Crippen LogP contribution is 2.05. The van der Waals surface area contributed by atoms with Gasteiger partial charge in [-0.25, -0.2) is 0 Å². The normalized spacial score (nSPS) is 11.2. The number of rotatable bonds is 10. The lowest BCUT2D eigenvalue weighted by molar-refractivity contribution is -0.114. The molecule has 0 radical (unpaired) electrons. The molecule has 5 nitrogen and oxygen atoms in total. The number of nitrogens with zero attached hydrogens (tertiary/aromatic N) is 2. The minimum Gasteiger partial charge on any atom is -0.411 e. The van der Waals surface area contributed by atoms with Crippen molar-refractivity contribution < 1.29 is 10.0 Å². The van der Waals surface area contributed by atoms with Crippen LogP contribution in [0, 0.1) is 0 Å². The maximum atomic E-state index is 10.9. The molecule has 100 valence electrons. The molecule has 0 saturated heterocycles. The lowest BCUT2D eigenvalue weighted by atomic mass is 10.1. The molecule has 0 unspecified atom stereocenters. The zero-order valence-electron chi connectivity index (χ0n) is 11.0. The highest BCUT2D eigenvalue weighted by Gasteiger charge is 1.96. The van der Waals surface area contributed by atoms with E-state index in [0.29, 0.717) is 6.54 Å². The first kappa shape index (κ1) is 15.9. The lowest BCUT2D eigenvalue weighted by Gasteiger charge is -2.08. The van der Waals surface area contributed by atoms with Crippen LogP contribution in [0.25, 0.3) is 0 Å². The van der Waals surface area contributed by atoms with E-state index in [0.717, 1.165) is 25.6 Å². The summed E-state index contributed by atoms with van der Waals surface area (Å²) in [5.74, 6) is -0.335. The summed E-state index contributed by atoms with van der Waals surface area (Å²) in [6.45, 7) is 1.82. The van der Waals surface area contributed by atoms with Crippen LogP contribution in [0.1, 0.15) is 38.5 Å².